The summed E-state index contributed by atoms with van der Waals surface area (Å²) in [6.45, 7) is 0. The molecule has 0 bridgehead atoms. The van der Waals surface area contributed by atoms with Gasteiger partial charge < -0.3 is 5.73 Å². The van der Waals surface area contributed by atoms with Gasteiger partial charge in [-0.15, -0.1) is 12.3 Å². The lowest BCUT2D eigenvalue weighted by Gasteiger charge is -2.27. The Morgan fingerprint density at radius 1 is 1.50 bits per heavy atom. The van der Waals surface area contributed by atoms with Crippen molar-refractivity contribution in [3.63, 3.8) is 0 Å². The summed E-state index contributed by atoms with van der Waals surface area (Å²) in [4.78, 5) is 0. The van der Waals surface area contributed by atoms with Crippen molar-refractivity contribution in [2.75, 3.05) is 5.75 Å². The Morgan fingerprint density at radius 3 is 2.79 bits per heavy atom. The second-order valence-corrected chi connectivity index (χ2v) is 6.15. The monoisotopic (exact) mass is 215 g/mol. The highest BCUT2D eigenvalue weighted by atomic mass is 32.2. The molecule has 0 radical (unpaired) electrons. The molecule has 80 valence electrons. The van der Waals surface area contributed by atoms with Crippen molar-refractivity contribution in [3.8, 4) is 12.3 Å². The fourth-order valence-electron chi connectivity index (χ4n) is 1.90. The molecule has 0 spiro atoms. The van der Waals surface area contributed by atoms with E-state index in [0.29, 0.717) is 25.0 Å². The minimum atomic E-state index is -2.95. The van der Waals surface area contributed by atoms with Crippen LogP contribution in [0.1, 0.15) is 32.1 Å². The highest BCUT2D eigenvalue weighted by Gasteiger charge is 2.33. The first-order valence-electron chi connectivity index (χ1n) is 4.98. The fraction of sp³-hybridized carbons (Fsp3) is 0.800. The van der Waals surface area contributed by atoms with Gasteiger partial charge in [0.25, 0.3) is 0 Å². The molecule has 14 heavy (non-hydrogen) atoms. The summed E-state index contributed by atoms with van der Waals surface area (Å²) in [5.41, 5.74) is 5.84. The predicted octanol–water partition coefficient (Wildman–Crippen LogP) is 0.694. The lowest BCUT2D eigenvalue weighted by Crippen LogP contribution is -2.43. The van der Waals surface area contributed by atoms with E-state index in [9.17, 15) is 8.42 Å². The molecule has 2 N–H and O–H groups in total. The minimum Gasteiger partial charge on any atom is -0.326 e. The standard InChI is InChI=1S/C10H17NO2S/c1-2-3-6-9(11)10-7-4-5-8-14(10,12)13/h1,9-10H,3-8,11H2. The molecular weight excluding hydrogens is 198 g/mol. The number of rotatable bonds is 3. The summed E-state index contributed by atoms with van der Waals surface area (Å²) in [6, 6.07) is -0.281. The third-order valence-corrected chi connectivity index (χ3v) is 5.09. The van der Waals surface area contributed by atoms with Gasteiger partial charge in [0.1, 0.15) is 0 Å². The SMILES string of the molecule is C#CCCC(N)C1CCCCS1(=O)=O. The van der Waals surface area contributed by atoms with Crippen LogP contribution in [-0.2, 0) is 9.84 Å². The van der Waals surface area contributed by atoms with E-state index in [1.165, 1.54) is 0 Å². The average Bonchev–Trinajstić information content (AvgIpc) is 2.13. The second kappa shape index (κ2) is 4.81. The van der Waals surface area contributed by atoms with Crippen LogP contribution in [0.3, 0.4) is 0 Å². The maximum atomic E-state index is 11.7. The van der Waals surface area contributed by atoms with Crippen LogP contribution in [0, 0.1) is 12.3 Å². The van der Waals surface area contributed by atoms with Gasteiger partial charge in [0.2, 0.25) is 0 Å². The van der Waals surface area contributed by atoms with Gasteiger partial charge in [-0.1, -0.05) is 6.42 Å². The van der Waals surface area contributed by atoms with Crippen LogP contribution in [0.25, 0.3) is 0 Å². The van der Waals surface area contributed by atoms with Crippen LogP contribution < -0.4 is 5.73 Å². The van der Waals surface area contributed by atoms with Gasteiger partial charge in [0, 0.05) is 12.5 Å². The van der Waals surface area contributed by atoms with Crippen molar-refractivity contribution in [1.82, 2.24) is 0 Å². The van der Waals surface area contributed by atoms with Crippen LogP contribution >= 0.6 is 0 Å². The molecule has 0 saturated carbocycles. The normalized spacial score (nSPS) is 27.9. The van der Waals surface area contributed by atoms with Crippen molar-refractivity contribution in [2.24, 2.45) is 5.73 Å². The van der Waals surface area contributed by atoms with Gasteiger partial charge in [0.05, 0.1) is 11.0 Å². The average molecular weight is 215 g/mol. The summed E-state index contributed by atoms with van der Waals surface area (Å²) in [5, 5.41) is -0.357. The molecule has 0 amide bonds. The van der Waals surface area contributed by atoms with E-state index in [0.717, 1.165) is 12.8 Å². The van der Waals surface area contributed by atoms with Crippen LogP contribution in [-0.4, -0.2) is 25.5 Å². The molecular formula is C10H17NO2S. The van der Waals surface area contributed by atoms with Gasteiger partial charge in [-0.2, -0.15) is 0 Å². The van der Waals surface area contributed by atoms with Crippen LogP contribution in [0.15, 0.2) is 0 Å². The molecule has 4 heteroatoms. The summed E-state index contributed by atoms with van der Waals surface area (Å²) >= 11 is 0. The number of hydrogen-bond acceptors (Lipinski definition) is 3. The maximum absolute atomic E-state index is 11.7. The number of sulfone groups is 1. The summed E-state index contributed by atoms with van der Waals surface area (Å²) in [5.74, 6) is 2.78. The Morgan fingerprint density at radius 2 is 2.21 bits per heavy atom. The molecule has 0 aromatic rings. The van der Waals surface area contributed by atoms with E-state index >= 15 is 0 Å². The Labute approximate surface area is 86.0 Å². The van der Waals surface area contributed by atoms with E-state index < -0.39 is 9.84 Å². The van der Waals surface area contributed by atoms with Crippen molar-refractivity contribution in [3.05, 3.63) is 0 Å². The lowest BCUT2D eigenvalue weighted by molar-refractivity contribution is 0.484. The minimum absolute atomic E-state index is 0.281. The van der Waals surface area contributed by atoms with Crippen LogP contribution in [0.4, 0.5) is 0 Å². The molecule has 1 saturated heterocycles. The molecule has 1 aliphatic rings. The molecule has 0 aromatic heterocycles. The number of hydrogen-bond donors (Lipinski definition) is 1. The molecule has 1 rings (SSSR count). The highest BCUT2D eigenvalue weighted by Crippen LogP contribution is 2.23. The second-order valence-electron chi connectivity index (χ2n) is 3.81. The van der Waals surface area contributed by atoms with E-state index in [1.807, 2.05) is 0 Å². The number of terminal acetylenes is 1. The van der Waals surface area contributed by atoms with Crippen LogP contribution in [0.2, 0.25) is 0 Å². The lowest BCUT2D eigenvalue weighted by atomic mass is 10.0. The molecule has 2 unspecified atom stereocenters. The van der Waals surface area contributed by atoms with Crippen molar-refractivity contribution in [1.29, 1.82) is 0 Å². The zero-order valence-corrected chi connectivity index (χ0v) is 9.09. The largest absolute Gasteiger partial charge is 0.326 e. The van der Waals surface area contributed by atoms with Crippen molar-refractivity contribution < 1.29 is 8.42 Å². The molecule has 0 aliphatic carbocycles. The van der Waals surface area contributed by atoms with Gasteiger partial charge >= 0.3 is 0 Å². The molecule has 2 atom stereocenters. The van der Waals surface area contributed by atoms with Crippen molar-refractivity contribution >= 4 is 9.84 Å². The van der Waals surface area contributed by atoms with Crippen LogP contribution in [0.5, 0.6) is 0 Å². The maximum Gasteiger partial charge on any atom is 0.154 e. The van der Waals surface area contributed by atoms with Gasteiger partial charge in [-0.25, -0.2) is 8.42 Å². The quantitative estimate of drug-likeness (QED) is 0.705. The van der Waals surface area contributed by atoms with E-state index in [4.69, 9.17) is 12.2 Å². The molecule has 1 fully saturated rings. The van der Waals surface area contributed by atoms with Gasteiger partial charge in [0.15, 0.2) is 9.84 Å². The topological polar surface area (TPSA) is 60.2 Å². The van der Waals surface area contributed by atoms with E-state index in [-0.39, 0.29) is 11.3 Å². The Kier molecular flexibility index (Phi) is 3.97. The molecule has 0 aromatic carbocycles. The summed E-state index contributed by atoms with van der Waals surface area (Å²) < 4.78 is 23.3. The van der Waals surface area contributed by atoms with Gasteiger partial charge in [-0.3, -0.25) is 0 Å². The van der Waals surface area contributed by atoms with E-state index in [2.05, 4.69) is 5.92 Å². The predicted molar refractivity (Wildman–Crippen MR) is 57.5 cm³/mol. The third-order valence-electron chi connectivity index (χ3n) is 2.73. The zero-order valence-electron chi connectivity index (χ0n) is 8.28. The van der Waals surface area contributed by atoms with Gasteiger partial charge in [-0.05, 0) is 19.3 Å². The Hall–Kier alpha value is -0.530. The fourth-order valence-corrected chi connectivity index (χ4v) is 4.00. The summed E-state index contributed by atoms with van der Waals surface area (Å²) in [7, 11) is -2.95. The first-order chi connectivity index (χ1) is 6.58. The highest BCUT2D eigenvalue weighted by molar-refractivity contribution is 7.92. The van der Waals surface area contributed by atoms with E-state index in [1.54, 1.807) is 0 Å². The molecule has 3 nitrogen and oxygen atoms in total. The Bertz CT molecular complexity index is 316. The molecule has 1 heterocycles. The first-order valence-corrected chi connectivity index (χ1v) is 6.70. The molecule has 1 aliphatic heterocycles. The van der Waals surface area contributed by atoms with Crippen molar-refractivity contribution in [2.45, 2.75) is 43.4 Å². The first kappa shape index (κ1) is 11.5. The smallest absolute Gasteiger partial charge is 0.154 e. The zero-order chi connectivity index (χ0) is 10.6. The Balaban J connectivity index is 2.61. The third kappa shape index (κ3) is 2.73. The summed E-state index contributed by atoms with van der Waals surface area (Å²) in [6.07, 6.45) is 8.74. The number of nitrogens with two attached hydrogens (primary N) is 1.